The number of amides is 2. The molecule has 0 spiro atoms. The molecule has 3 heterocycles. The molecule has 0 radical (unpaired) electrons. The second-order valence-electron chi connectivity index (χ2n) is 8.70. The molecule has 6 nitrogen and oxygen atoms in total. The summed E-state index contributed by atoms with van der Waals surface area (Å²) >= 11 is 6.06. The predicted molar refractivity (Wildman–Crippen MR) is 111 cm³/mol. The van der Waals surface area contributed by atoms with Gasteiger partial charge in [-0.25, -0.2) is 4.79 Å². The minimum absolute atomic E-state index is 0.0321. The summed E-state index contributed by atoms with van der Waals surface area (Å²) in [5.74, 6) is 0.334. The Morgan fingerprint density at radius 1 is 1.24 bits per heavy atom. The molecule has 0 bridgehead atoms. The van der Waals surface area contributed by atoms with Crippen molar-refractivity contribution in [3.05, 3.63) is 58.4 Å². The van der Waals surface area contributed by atoms with E-state index in [2.05, 4.69) is 4.98 Å². The Morgan fingerprint density at radius 3 is 2.72 bits per heavy atom. The molecule has 0 N–H and O–H groups in total. The maximum Gasteiger partial charge on any atom is 0.410 e. The van der Waals surface area contributed by atoms with Crippen LogP contribution >= 0.6 is 11.6 Å². The first-order chi connectivity index (χ1) is 13.7. The number of carbonyl (C=O) groups is 2. The number of aromatic nitrogens is 1. The summed E-state index contributed by atoms with van der Waals surface area (Å²) in [6, 6.07) is 7.36. The Balaban J connectivity index is 1.38. The Hall–Kier alpha value is -2.60. The Labute approximate surface area is 175 Å². The number of carbonyl (C=O) groups excluding carboxylic acids is 2. The second-order valence-corrected chi connectivity index (χ2v) is 9.14. The first-order valence-corrected chi connectivity index (χ1v) is 10.1. The van der Waals surface area contributed by atoms with Gasteiger partial charge in [0.15, 0.2) is 0 Å². The van der Waals surface area contributed by atoms with Crippen LogP contribution in [0.25, 0.3) is 0 Å². The van der Waals surface area contributed by atoms with Gasteiger partial charge in [0.05, 0.1) is 18.4 Å². The SMILES string of the molecule is CC(C)(C)OC(=O)N1CC(Cc2cncc(N3Cc4cc(Cl)ccc4C3=O)c2)C1. The second kappa shape index (κ2) is 7.34. The molecule has 2 aliphatic heterocycles. The predicted octanol–water partition coefficient (Wildman–Crippen LogP) is 4.30. The van der Waals surface area contributed by atoms with Gasteiger partial charge in [0.1, 0.15) is 5.60 Å². The number of hydrogen-bond donors (Lipinski definition) is 0. The van der Waals surface area contributed by atoms with Gasteiger partial charge in [-0.15, -0.1) is 0 Å². The molecule has 152 valence electrons. The molecule has 1 saturated heterocycles. The van der Waals surface area contributed by atoms with Crippen LogP contribution in [0.3, 0.4) is 0 Å². The van der Waals surface area contributed by atoms with Crippen LogP contribution in [0, 0.1) is 5.92 Å². The monoisotopic (exact) mass is 413 g/mol. The third-order valence-electron chi connectivity index (χ3n) is 5.10. The molecule has 2 amide bonds. The molecule has 4 rings (SSSR count). The highest BCUT2D eigenvalue weighted by molar-refractivity contribution is 6.31. The van der Waals surface area contributed by atoms with Gasteiger partial charge in [-0.05, 0) is 68.5 Å². The fraction of sp³-hybridized carbons (Fsp3) is 0.409. The van der Waals surface area contributed by atoms with Gasteiger partial charge in [0.2, 0.25) is 0 Å². The molecule has 1 aromatic carbocycles. The number of likely N-dealkylation sites (tertiary alicyclic amines) is 1. The summed E-state index contributed by atoms with van der Waals surface area (Å²) in [5.41, 5.74) is 2.97. The lowest BCUT2D eigenvalue weighted by Crippen LogP contribution is -2.52. The Morgan fingerprint density at radius 2 is 2.00 bits per heavy atom. The smallest absolute Gasteiger partial charge is 0.410 e. The summed E-state index contributed by atoms with van der Waals surface area (Å²) in [6.07, 6.45) is 4.08. The Kier molecular flexibility index (Phi) is 4.99. The van der Waals surface area contributed by atoms with Crippen LogP contribution in [0.2, 0.25) is 5.02 Å². The Bertz CT molecular complexity index is 964. The van der Waals surface area contributed by atoms with Crippen LogP contribution in [0.5, 0.6) is 0 Å². The van der Waals surface area contributed by atoms with E-state index in [1.807, 2.05) is 39.1 Å². The molecular weight excluding hydrogens is 390 g/mol. The number of pyridine rings is 1. The zero-order valence-electron chi connectivity index (χ0n) is 16.8. The van der Waals surface area contributed by atoms with Crippen LogP contribution in [-0.2, 0) is 17.7 Å². The van der Waals surface area contributed by atoms with Crippen LogP contribution in [-0.4, -0.2) is 40.6 Å². The normalized spacial score (nSPS) is 16.6. The van der Waals surface area contributed by atoms with Gasteiger partial charge in [-0.1, -0.05) is 11.6 Å². The number of rotatable bonds is 3. The average molecular weight is 414 g/mol. The number of hydrogen-bond acceptors (Lipinski definition) is 4. The van der Waals surface area contributed by atoms with Crippen LogP contribution < -0.4 is 4.90 Å². The molecule has 0 saturated carbocycles. The zero-order valence-corrected chi connectivity index (χ0v) is 17.6. The van der Waals surface area contributed by atoms with Gasteiger partial charge < -0.3 is 14.5 Å². The van der Waals surface area contributed by atoms with Gasteiger partial charge in [-0.2, -0.15) is 0 Å². The number of halogens is 1. The van der Waals surface area contributed by atoms with Crippen molar-refractivity contribution < 1.29 is 14.3 Å². The van der Waals surface area contributed by atoms with E-state index in [0.717, 1.165) is 23.2 Å². The summed E-state index contributed by atoms with van der Waals surface area (Å²) in [6.45, 7) is 7.44. The van der Waals surface area contributed by atoms with Crippen LogP contribution in [0.15, 0.2) is 36.7 Å². The minimum atomic E-state index is -0.482. The van der Waals surface area contributed by atoms with E-state index in [1.165, 1.54) is 0 Å². The molecule has 2 aromatic rings. The number of anilines is 1. The average Bonchev–Trinajstić information content (AvgIpc) is 2.92. The van der Waals surface area contributed by atoms with E-state index in [-0.39, 0.29) is 12.0 Å². The molecule has 0 atom stereocenters. The quantitative estimate of drug-likeness (QED) is 0.752. The maximum absolute atomic E-state index is 12.7. The number of nitrogens with zero attached hydrogens (tertiary/aromatic N) is 3. The highest BCUT2D eigenvalue weighted by Gasteiger charge is 2.34. The fourth-order valence-electron chi connectivity index (χ4n) is 3.74. The lowest BCUT2D eigenvalue weighted by molar-refractivity contribution is -0.000894. The van der Waals surface area contributed by atoms with E-state index in [9.17, 15) is 9.59 Å². The highest BCUT2D eigenvalue weighted by Crippen LogP contribution is 2.31. The largest absolute Gasteiger partial charge is 0.444 e. The minimum Gasteiger partial charge on any atom is -0.444 e. The van der Waals surface area contributed by atoms with Gasteiger partial charge in [0, 0.05) is 29.9 Å². The molecule has 7 heteroatoms. The summed E-state index contributed by atoms with van der Waals surface area (Å²) in [7, 11) is 0. The lowest BCUT2D eigenvalue weighted by Gasteiger charge is -2.39. The molecular formula is C22H24ClN3O3. The number of benzene rings is 1. The number of fused-ring (bicyclic) bond motifs is 1. The molecule has 1 fully saturated rings. The summed E-state index contributed by atoms with van der Waals surface area (Å²) in [5, 5.41) is 0.629. The van der Waals surface area contributed by atoms with Gasteiger partial charge in [0.25, 0.3) is 5.91 Å². The van der Waals surface area contributed by atoms with Crippen molar-refractivity contribution in [2.75, 3.05) is 18.0 Å². The third-order valence-corrected chi connectivity index (χ3v) is 5.33. The van der Waals surface area contributed by atoms with E-state index < -0.39 is 5.60 Å². The number of ether oxygens (including phenoxy) is 1. The van der Waals surface area contributed by atoms with E-state index in [1.54, 1.807) is 28.1 Å². The van der Waals surface area contributed by atoms with Crippen LogP contribution in [0.4, 0.5) is 10.5 Å². The fourth-order valence-corrected chi connectivity index (χ4v) is 3.93. The molecule has 2 aliphatic rings. The van der Waals surface area contributed by atoms with Gasteiger partial charge in [-0.3, -0.25) is 9.78 Å². The van der Waals surface area contributed by atoms with Crippen molar-refractivity contribution in [1.82, 2.24) is 9.88 Å². The molecule has 29 heavy (non-hydrogen) atoms. The first-order valence-electron chi connectivity index (χ1n) is 9.72. The third kappa shape index (κ3) is 4.22. The summed E-state index contributed by atoms with van der Waals surface area (Å²) in [4.78, 5) is 32.6. The maximum atomic E-state index is 12.7. The van der Waals surface area contributed by atoms with E-state index >= 15 is 0 Å². The van der Waals surface area contributed by atoms with Crippen molar-refractivity contribution in [1.29, 1.82) is 0 Å². The van der Waals surface area contributed by atoms with Crippen molar-refractivity contribution in [3.8, 4) is 0 Å². The van der Waals surface area contributed by atoms with Crippen molar-refractivity contribution >= 4 is 29.3 Å². The summed E-state index contributed by atoms with van der Waals surface area (Å²) < 4.78 is 5.40. The molecule has 0 aliphatic carbocycles. The molecule has 0 unspecified atom stereocenters. The van der Waals surface area contributed by atoms with E-state index in [0.29, 0.717) is 36.1 Å². The standard InChI is InChI=1S/C22H24ClN3O3/c1-22(2,3)29-21(28)25-11-15(12-25)6-14-7-18(10-24-9-14)26-13-16-8-17(23)4-5-19(16)20(26)27/h4-5,7-10,15H,6,11-13H2,1-3H3. The van der Waals surface area contributed by atoms with Crippen LogP contribution in [0.1, 0.15) is 42.3 Å². The lowest BCUT2D eigenvalue weighted by atomic mass is 9.93. The van der Waals surface area contributed by atoms with E-state index in [4.69, 9.17) is 16.3 Å². The molecule has 1 aromatic heterocycles. The zero-order chi connectivity index (χ0) is 20.8. The first kappa shape index (κ1) is 19.7. The van der Waals surface area contributed by atoms with Crippen molar-refractivity contribution in [2.45, 2.75) is 39.3 Å². The highest BCUT2D eigenvalue weighted by atomic mass is 35.5. The van der Waals surface area contributed by atoms with Crippen molar-refractivity contribution in [2.24, 2.45) is 5.92 Å². The topological polar surface area (TPSA) is 62.7 Å². The van der Waals surface area contributed by atoms with Gasteiger partial charge >= 0.3 is 6.09 Å². The van der Waals surface area contributed by atoms with Crippen molar-refractivity contribution in [3.63, 3.8) is 0 Å².